The fourth-order valence-electron chi connectivity index (χ4n) is 2.09. The molecule has 1 aromatic heterocycles. The molecule has 1 aliphatic rings. The number of hydrogen-bond donors (Lipinski definition) is 1. The molecule has 1 N–H and O–H groups in total. The molecular weight excluding hydrogens is 270 g/mol. The van der Waals surface area contributed by atoms with Gasteiger partial charge in [0.2, 0.25) is 0 Å². The van der Waals surface area contributed by atoms with Crippen LogP contribution in [-0.4, -0.2) is 35.1 Å². The zero-order valence-electron chi connectivity index (χ0n) is 12.1. The van der Waals surface area contributed by atoms with Crippen molar-refractivity contribution in [3.63, 3.8) is 0 Å². The molecule has 4 heteroatoms. The summed E-state index contributed by atoms with van der Waals surface area (Å²) in [4.78, 5) is 15.4. The highest BCUT2D eigenvalue weighted by molar-refractivity contribution is 7.12. The van der Waals surface area contributed by atoms with E-state index in [1.54, 1.807) is 0 Å². The van der Waals surface area contributed by atoms with E-state index in [2.05, 4.69) is 25.7 Å². The van der Waals surface area contributed by atoms with Crippen molar-refractivity contribution in [2.75, 3.05) is 13.2 Å². The van der Waals surface area contributed by atoms with Crippen LogP contribution in [0.25, 0.3) is 0 Å². The summed E-state index contributed by atoms with van der Waals surface area (Å²) in [5, 5.41) is 10.7. The molecule has 3 nitrogen and oxygen atoms in total. The van der Waals surface area contributed by atoms with Gasteiger partial charge in [0.1, 0.15) is 4.88 Å². The Morgan fingerprint density at radius 2 is 2.30 bits per heavy atom. The number of aliphatic hydroxyl groups excluding tert-OH is 1. The average molecular weight is 291 g/mol. The first-order valence-corrected chi connectivity index (χ1v) is 7.99. The van der Waals surface area contributed by atoms with Crippen molar-refractivity contribution >= 4 is 17.2 Å². The Labute approximate surface area is 124 Å². The summed E-state index contributed by atoms with van der Waals surface area (Å²) in [5.74, 6) is 6.48. The molecule has 1 fully saturated rings. The minimum Gasteiger partial charge on any atom is -0.395 e. The van der Waals surface area contributed by atoms with Crippen molar-refractivity contribution < 1.29 is 9.90 Å². The Balaban J connectivity index is 2.15. The maximum absolute atomic E-state index is 12.7. The second-order valence-corrected chi connectivity index (χ2v) is 6.44. The fraction of sp³-hybridized carbons (Fsp3) is 0.562. The van der Waals surface area contributed by atoms with Crippen LogP contribution in [0.1, 0.15) is 48.3 Å². The lowest BCUT2D eigenvalue weighted by Gasteiger charge is -2.24. The van der Waals surface area contributed by atoms with Gasteiger partial charge >= 0.3 is 0 Å². The second-order valence-electron chi connectivity index (χ2n) is 5.52. The third-order valence-electron chi connectivity index (χ3n) is 3.13. The van der Waals surface area contributed by atoms with Crippen LogP contribution in [0.15, 0.2) is 11.4 Å². The lowest BCUT2D eigenvalue weighted by atomic mass is 10.1. The summed E-state index contributed by atoms with van der Waals surface area (Å²) >= 11 is 1.46. The molecule has 0 saturated heterocycles. The van der Waals surface area contributed by atoms with Gasteiger partial charge in [-0.05, 0) is 30.2 Å². The molecule has 0 unspecified atom stereocenters. The Morgan fingerprint density at radius 1 is 1.55 bits per heavy atom. The second kappa shape index (κ2) is 6.92. The van der Waals surface area contributed by atoms with E-state index in [0.29, 0.717) is 18.4 Å². The molecule has 0 aromatic carbocycles. The molecule has 20 heavy (non-hydrogen) atoms. The fourth-order valence-corrected chi connectivity index (χ4v) is 2.90. The van der Waals surface area contributed by atoms with Gasteiger partial charge in [-0.25, -0.2) is 0 Å². The largest absolute Gasteiger partial charge is 0.395 e. The molecule has 0 radical (unpaired) electrons. The summed E-state index contributed by atoms with van der Waals surface area (Å²) in [5.41, 5.74) is 0.794. The highest BCUT2D eigenvalue weighted by Crippen LogP contribution is 2.30. The summed E-state index contributed by atoms with van der Waals surface area (Å²) in [6, 6.07) is 2.31. The summed E-state index contributed by atoms with van der Waals surface area (Å²) < 4.78 is 0. The van der Waals surface area contributed by atoms with Crippen molar-refractivity contribution in [2.45, 2.75) is 39.2 Å². The van der Waals surface area contributed by atoms with Crippen molar-refractivity contribution in [1.82, 2.24) is 4.90 Å². The summed E-state index contributed by atoms with van der Waals surface area (Å²) in [6.45, 7) is 5.14. The number of aliphatic hydroxyl groups is 1. The summed E-state index contributed by atoms with van der Waals surface area (Å²) in [7, 11) is 0. The van der Waals surface area contributed by atoms with Crippen LogP contribution in [0.5, 0.6) is 0 Å². The van der Waals surface area contributed by atoms with Gasteiger partial charge in [0, 0.05) is 24.6 Å². The third-order valence-corrected chi connectivity index (χ3v) is 4.03. The van der Waals surface area contributed by atoms with Crippen LogP contribution in [0.4, 0.5) is 0 Å². The smallest absolute Gasteiger partial charge is 0.265 e. The van der Waals surface area contributed by atoms with Crippen LogP contribution < -0.4 is 0 Å². The molecule has 0 spiro atoms. The number of rotatable bonds is 5. The van der Waals surface area contributed by atoms with Crippen LogP contribution in [0.2, 0.25) is 0 Å². The van der Waals surface area contributed by atoms with Gasteiger partial charge in [0.25, 0.3) is 5.91 Å². The first-order chi connectivity index (χ1) is 9.63. The van der Waals surface area contributed by atoms with Crippen molar-refractivity contribution in [3.05, 3.63) is 21.9 Å². The van der Waals surface area contributed by atoms with Gasteiger partial charge in [-0.15, -0.1) is 11.3 Å². The number of carbonyl (C=O) groups is 1. The average Bonchev–Trinajstić information content (AvgIpc) is 3.14. The highest BCUT2D eigenvalue weighted by atomic mass is 32.1. The Morgan fingerprint density at radius 3 is 2.90 bits per heavy atom. The first-order valence-electron chi connectivity index (χ1n) is 7.11. The van der Waals surface area contributed by atoms with Gasteiger partial charge in [0.15, 0.2) is 0 Å². The zero-order valence-corrected chi connectivity index (χ0v) is 12.9. The molecule has 0 atom stereocenters. The summed E-state index contributed by atoms with van der Waals surface area (Å²) in [6.07, 6.45) is 2.69. The van der Waals surface area contributed by atoms with Crippen molar-refractivity contribution in [2.24, 2.45) is 5.92 Å². The first kappa shape index (κ1) is 15.1. The molecule has 2 rings (SSSR count). The standard InChI is InChI=1S/C16H21NO2S/c1-12(2)11-17(14-6-7-14)16(19)15-13(8-10-20-15)5-3-4-9-18/h8,10,12,14,18H,4,6-7,9,11H2,1-2H3. The topological polar surface area (TPSA) is 40.5 Å². The molecule has 108 valence electrons. The van der Waals surface area contributed by atoms with Crippen LogP contribution in [-0.2, 0) is 0 Å². The Hall–Kier alpha value is -1.31. The minimum atomic E-state index is 0.0575. The van der Waals surface area contributed by atoms with E-state index in [9.17, 15) is 4.79 Å². The number of thiophene rings is 1. The van der Waals surface area contributed by atoms with E-state index in [-0.39, 0.29) is 12.5 Å². The van der Waals surface area contributed by atoms with E-state index in [0.717, 1.165) is 29.8 Å². The van der Waals surface area contributed by atoms with Crippen molar-refractivity contribution in [1.29, 1.82) is 0 Å². The van der Waals surface area contributed by atoms with Crippen molar-refractivity contribution in [3.8, 4) is 11.8 Å². The third kappa shape index (κ3) is 3.84. The van der Waals surface area contributed by atoms with Crippen LogP contribution in [0.3, 0.4) is 0 Å². The maximum Gasteiger partial charge on any atom is 0.265 e. The molecule has 0 aliphatic heterocycles. The molecule has 1 amide bonds. The van der Waals surface area contributed by atoms with Gasteiger partial charge in [-0.3, -0.25) is 4.79 Å². The van der Waals surface area contributed by atoms with E-state index < -0.39 is 0 Å². The van der Waals surface area contributed by atoms with Gasteiger partial charge in [0.05, 0.1) is 6.61 Å². The molecule has 1 aromatic rings. The lowest BCUT2D eigenvalue weighted by Crippen LogP contribution is -2.36. The van der Waals surface area contributed by atoms with E-state index in [1.165, 1.54) is 11.3 Å². The molecular formula is C16H21NO2S. The monoisotopic (exact) mass is 291 g/mol. The number of hydrogen-bond acceptors (Lipinski definition) is 3. The van der Waals surface area contributed by atoms with Crippen LogP contribution >= 0.6 is 11.3 Å². The van der Waals surface area contributed by atoms with Gasteiger partial charge in [-0.2, -0.15) is 0 Å². The van der Waals surface area contributed by atoms with Gasteiger partial charge < -0.3 is 10.0 Å². The molecule has 1 saturated carbocycles. The lowest BCUT2D eigenvalue weighted by molar-refractivity contribution is 0.0727. The highest BCUT2D eigenvalue weighted by Gasteiger charge is 2.34. The minimum absolute atomic E-state index is 0.0575. The quantitative estimate of drug-likeness (QED) is 0.847. The van der Waals surface area contributed by atoms with Crippen LogP contribution in [0, 0.1) is 17.8 Å². The number of amides is 1. The molecule has 0 bridgehead atoms. The number of nitrogens with zero attached hydrogens (tertiary/aromatic N) is 1. The zero-order chi connectivity index (χ0) is 14.5. The molecule has 1 aliphatic carbocycles. The van der Waals surface area contributed by atoms with Gasteiger partial charge in [-0.1, -0.05) is 25.7 Å². The van der Waals surface area contributed by atoms with E-state index in [4.69, 9.17) is 5.11 Å². The predicted molar refractivity (Wildman–Crippen MR) is 81.8 cm³/mol. The van der Waals surface area contributed by atoms with E-state index >= 15 is 0 Å². The maximum atomic E-state index is 12.7. The Kier molecular flexibility index (Phi) is 5.22. The normalized spacial score (nSPS) is 14.0. The van der Waals surface area contributed by atoms with E-state index in [1.807, 2.05) is 16.3 Å². The number of carbonyl (C=O) groups excluding carboxylic acids is 1. The predicted octanol–water partition coefficient (Wildman–Crippen LogP) is 2.74. The Bertz CT molecular complexity index is 520. The SMILES string of the molecule is CC(C)CN(C(=O)c1sccc1C#CCCO)C1CC1. The molecule has 1 heterocycles.